The van der Waals surface area contributed by atoms with Gasteiger partial charge >= 0.3 is 0 Å². The molecule has 0 saturated carbocycles. The van der Waals surface area contributed by atoms with Crippen LogP contribution in [0.3, 0.4) is 0 Å². The number of hydrogen-bond acceptors (Lipinski definition) is 4. The first-order chi connectivity index (χ1) is 10.00. The fourth-order valence-corrected chi connectivity index (χ4v) is 1.97. The van der Waals surface area contributed by atoms with Crippen molar-refractivity contribution in [3.63, 3.8) is 0 Å². The average Bonchev–Trinajstić information content (AvgIpc) is 2.47. The molecule has 0 unspecified atom stereocenters. The van der Waals surface area contributed by atoms with Crippen LogP contribution in [-0.4, -0.2) is 32.2 Å². The Balaban J connectivity index is 1.83. The molecule has 116 valence electrons. The molecule has 2 N–H and O–H groups in total. The zero-order valence-corrected chi connectivity index (χ0v) is 13.0. The molecule has 0 bridgehead atoms. The highest BCUT2D eigenvalue weighted by atomic mass is 16.6. The predicted octanol–water partition coefficient (Wildman–Crippen LogP) is 2.42. The van der Waals surface area contributed by atoms with Crippen LogP contribution in [0.25, 0.3) is 0 Å². The fourth-order valence-electron chi connectivity index (χ4n) is 1.97. The molecule has 1 aromatic rings. The minimum Gasteiger partial charge on any atom is -0.486 e. The molecule has 1 aliphatic rings. The van der Waals surface area contributed by atoms with Crippen LogP contribution in [0.1, 0.15) is 27.2 Å². The van der Waals surface area contributed by atoms with E-state index in [1.165, 1.54) is 0 Å². The van der Waals surface area contributed by atoms with Crippen LogP contribution in [0.2, 0.25) is 0 Å². The van der Waals surface area contributed by atoms with Gasteiger partial charge in [-0.05, 0) is 24.0 Å². The van der Waals surface area contributed by atoms with Gasteiger partial charge in [0.25, 0.3) is 0 Å². The van der Waals surface area contributed by atoms with E-state index in [0.717, 1.165) is 24.4 Å². The van der Waals surface area contributed by atoms with Crippen LogP contribution in [0.5, 0.6) is 11.5 Å². The molecule has 1 aliphatic heterocycles. The summed E-state index contributed by atoms with van der Waals surface area (Å²) in [4.78, 5) is 11.9. The van der Waals surface area contributed by atoms with E-state index in [1.807, 2.05) is 12.1 Å². The molecule has 1 amide bonds. The Kier molecular flexibility index (Phi) is 5.07. The van der Waals surface area contributed by atoms with Crippen molar-refractivity contribution in [1.82, 2.24) is 5.32 Å². The van der Waals surface area contributed by atoms with Gasteiger partial charge in [0.2, 0.25) is 5.91 Å². The standard InChI is InChI=1S/C16H24N2O3/c1-4-16(2,3)11-17-10-15(19)18-12-5-6-13-14(9-12)21-8-7-20-13/h5-6,9,17H,4,7-8,10-11H2,1-3H3,(H,18,19). The number of hydrogen-bond donors (Lipinski definition) is 2. The summed E-state index contributed by atoms with van der Waals surface area (Å²) in [6, 6.07) is 5.43. The van der Waals surface area contributed by atoms with Gasteiger partial charge in [0.05, 0.1) is 6.54 Å². The Labute approximate surface area is 126 Å². The van der Waals surface area contributed by atoms with Crippen molar-refractivity contribution in [2.75, 3.05) is 31.6 Å². The molecule has 0 saturated heterocycles. The second-order valence-corrected chi connectivity index (χ2v) is 6.03. The van der Waals surface area contributed by atoms with Crippen molar-refractivity contribution >= 4 is 11.6 Å². The number of carbonyl (C=O) groups is 1. The number of benzene rings is 1. The van der Waals surface area contributed by atoms with E-state index >= 15 is 0 Å². The fraction of sp³-hybridized carbons (Fsp3) is 0.562. The van der Waals surface area contributed by atoms with Crippen LogP contribution in [-0.2, 0) is 4.79 Å². The first-order valence-corrected chi connectivity index (χ1v) is 7.40. The number of carbonyl (C=O) groups excluding carboxylic acids is 1. The lowest BCUT2D eigenvalue weighted by Crippen LogP contribution is -2.35. The van der Waals surface area contributed by atoms with Crippen LogP contribution < -0.4 is 20.1 Å². The van der Waals surface area contributed by atoms with E-state index in [-0.39, 0.29) is 11.3 Å². The lowest BCUT2D eigenvalue weighted by atomic mass is 9.90. The van der Waals surface area contributed by atoms with E-state index in [4.69, 9.17) is 9.47 Å². The summed E-state index contributed by atoms with van der Waals surface area (Å²) in [5, 5.41) is 6.05. The lowest BCUT2D eigenvalue weighted by molar-refractivity contribution is -0.115. The molecule has 1 aromatic carbocycles. The zero-order chi connectivity index (χ0) is 15.3. The molecule has 0 fully saturated rings. The molecule has 1 heterocycles. The second-order valence-electron chi connectivity index (χ2n) is 6.03. The second kappa shape index (κ2) is 6.80. The largest absolute Gasteiger partial charge is 0.486 e. The number of anilines is 1. The number of rotatable bonds is 6. The summed E-state index contributed by atoms with van der Waals surface area (Å²) in [7, 11) is 0. The van der Waals surface area contributed by atoms with E-state index in [2.05, 4.69) is 31.4 Å². The quantitative estimate of drug-likeness (QED) is 0.845. The molecule has 5 heteroatoms. The Morgan fingerprint density at radius 2 is 1.95 bits per heavy atom. The predicted molar refractivity (Wildman–Crippen MR) is 83.0 cm³/mol. The van der Waals surface area contributed by atoms with Crippen LogP contribution in [0.15, 0.2) is 18.2 Å². The highest BCUT2D eigenvalue weighted by molar-refractivity contribution is 5.92. The van der Waals surface area contributed by atoms with Gasteiger partial charge in [0.15, 0.2) is 11.5 Å². The number of nitrogens with one attached hydrogen (secondary N) is 2. The normalized spacial score (nSPS) is 13.9. The van der Waals surface area contributed by atoms with Crippen LogP contribution in [0, 0.1) is 5.41 Å². The van der Waals surface area contributed by atoms with E-state index < -0.39 is 0 Å². The number of ether oxygens (including phenoxy) is 2. The van der Waals surface area contributed by atoms with Gasteiger partial charge in [0, 0.05) is 18.3 Å². The molecule has 0 spiro atoms. The molecule has 0 aliphatic carbocycles. The Bertz CT molecular complexity index is 500. The van der Waals surface area contributed by atoms with Gasteiger partial charge in [-0.3, -0.25) is 4.79 Å². The highest BCUT2D eigenvalue weighted by Gasteiger charge is 2.15. The smallest absolute Gasteiger partial charge is 0.238 e. The number of fused-ring (bicyclic) bond motifs is 1. The molecule has 0 atom stereocenters. The monoisotopic (exact) mass is 292 g/mol. The van der Waals surface area contributed by atoms with Gasteiger partial charge in [-0.1, -0.05) is 20.8 Å². The van der Waals surface area contributed by atoms with Crippen molar-refractivity contribution in [2.24, 2.45) is 5.41 Å². The topological polar surface area (TPSA) is 59.6 Å². The molecular formula is C16H24N2O3. The summed E-state index contributed by atoms with van der Waals surface area (Å²) in [6.45, 7) is 8.73. The summed E-state index contributed by atoms with van der Waals surface area (Å²) < 4.78 is 10.9. The van der Waals surface area contributed by atoms with Crippen molar-refractivity contribution in [1.29, 1.82) is 0 Å². The third-order valence-corrected chi connectivity index (χ3v) is 3.67. The van der Waals surface area contributed by atoms with E-state index in [1.54, 1.807) is 6.07 Å². The third-order valence-electron chi connectivity index (χ3n) is 3.67. The van der Waals surface area contributed by atoms with Crippen molar-refractivity contribution < 1.29 is 14.3 Å². The summed E-state index contributed by atoms with van der Waals surface area (Å²) in [6.07, 6.45) is 1.07. The summed E-state index contributed by atoms with van der Waals surface area (Å²) in [5.41, 5.74) is 0.929. The maximum atomic E-state index is 11.9. The summed E-state index contributed by atoms with van der Waals surface area (Å²) >= 11 is 0. The molecule has 0 aromatic heterocycles. The minimum atomic E-state index is -0.0569. The Morgan fingerprint density at radius 3 is 2.67 bits per heavy atom. The molecular weight excluding hydrogens is 268 g/mol. The van der Waals surface area contributed by atoms with Gasteiger partial charge in [-0.15, -0.1) is 0 Å². The lowest BCUT2D eigenvalue weighted by Gasteiger charge is -2.22. The molecule has 0 radical (unpaired) electrons. The zero-order valence-electron chi connectivity index (χ0n) is 13.0. The average molecular weight is 292 g/mol. The van der Waals surface area contributed by atoms with Crippen molar-refractivity contribution in [3.8, 4) is 11.5 Å². The van der Waals surface area contributed by atoms with Crippen molar-refractivity contribution in [2.45, 2.75) is 27.2 Å². The van der Waals surface area contributed by atoms with Gasteiger partial charge in [-0.2, -0.15) is 0 Å². The van der Waals surface area contributed by atoms with E-state index in [9.17, 15) is 4.79 Å². The van der Waals surface area contributed by atoms with Gasteiger partial charge in [0.1, 0.15) is 13.2 Å². The maximum Gasteiger partial charge on any atom is 0.238 e. The maximum absolute atomic E-state index is 11.9. The number of amides is 1. The molecule has 2 rings (SSSR count). The Morgan fingerprint density at radius 1 is 1.24 bits per heavy atom. The van der Waals surface area contributed by atoms with Gasteiger partial charge < -0.3 is 20.1 Å². The Hall–Kier alpha value is -1.75. The van der Waals surface area contributed by atoms with Crippen LogP contribution in [0.4, 0.5) is 5.69 Å². The SMILES string of the molecule is CCC(C)(C)CNCC(=O)Nc1ccc2c(c1)OCCO2. The van der Waals surface area contributed by atoms with E-state index in [0.29, 0.717) is 25.5 Å². The summed E-state index contributed by atoms with van der Waals surface area (Å²) in [5.74, 6) is 1.35. The minimum absolute atomic E-state index is 0.0569. The van der Waals surface area contributed by atoms with Gasteiger partial charge in [-0.25, -0.2) is 0 Å². The highest BCUT2D eigenvalue weighted by Crippen LogP contribution is 2.32. The third kappa shape index (κ3) is 4.63. The molecule has 5 nitrogen and oxygen atoms in total. The first-order valence-electron chi connectivity index (χ1n) is 7.40. The first kappa shape index (κ1) is 15.6. The molecule has 21 heavy (non-hydrogen) atoms. The van der Waals surface area contributed by atoms with Crippen molar-refractivity contribution in [3.05, 3.63) is 18.2 Å². The van der Waals surface area contributed by atoms with Crippen LogP contribution >= 0.6 is 0 Å².